The maximum absolute atomic E-state index is 15.5. The number of halogens is 1. The lowest BCUT2D eigenvalue weighted by Crippen LogP contribution is -2.35. The number of aliphatic imine (C=N–C) groups is 1. The van der Waals surface area contributed by atoms with Crippen molar-refractivity contribution in [2.45, 2.75) is 98.2 Å². The summed E-state index contributed by atoms with van der Waals surface area (Å²) in [5.41, 5.74) is 1.64. The molecular weight excluding hydrogens is 363 g/mol. The summed E-state index contributed by atoms with van der Waals surface area (Å²) in [4.78, 5) is 6.95. The van der Waals surface area contributed by atoms with Gasteiger partial charge in [0.15, 0.2) is 0 Å². The fourth-order valence-electron chi connectivity index (χ4n) is 4.45. The van der Waals surface area contributed by atoms with Crippen LogP contribution < -0.4 is 4.74 Å². The third kappa shape index (κ3) is 7.31. The van der Waals surface area contributed by atoms with Gasteiger partial charge in [-0.3, -0.25) is 0 Å². The maximum atomic E-state index is 15.5. The van der Waals surface area contributed by atoms with Gasteiger partial charge in [-0.1, -0.05) is 47.0 Å². The highest BCUT2D eigenvalue weighted by molar-refractivity contribution is 5.65. The van der Waals surface area contributed by atoms with Gasteiger partial charge in [0, 0.05) is 13.1 Å². The molecule has 0 amide bonds. The van der Waals surface area contributed by atoms with Crippen LogP contribution >= 0.6 is 0 Å². The van der Waals surface area contributed by atoms with Gasteiger partial charge < -0.3 is 9.64 Å². The summed E-state index contributed by atoms with van der Waals surface area (Å²) in [5, 5.41) is 0. The molecule has 1 atom stereocenters. The zero-order valence-corrected chi connectivity index (χ0v) is 19.6. The van der Waals surface area contributed by atoms with E-state index in [9.17, 15) is 0 Å². The van der Waals surface area contributed by atoms with E-state index in [-0.39, 0.29) is 12.0 Å². The molecule has 0 N–H and O–H groups in total. The Morgan fingerprint density at radius 1 is 1.17 bits per heavy atom. The van der Waals surface area contributed by atoms with Crippen LogP contribution in [0.15, 0.2) is 17.1 Å². The number of hydrogen-bond donors (Lipinski definition) is 0. The minimum absolute atomic E-state index is 0.0673. The fraction of sp³-hybridized carbons (Fsp3) is 0.720. The lowest BCUT2D eigenvalue weighted by atomic mass is 9.81. The largest absolute Gasteiger partial charge is 0.490 e. The standard InChI is InChI=1S/C25H41FN2O/c1-8-13-25(26,16-24(4,5)6)17-29-23-15-19(2)22(14-20(23)3)27-18-28(7)21-11-9-10-12-21/h14-15,18,21H,8-13,16-17H2,1-7H3. The molecule has 0 aliphatic heterocycles. The number of hydrogen-bond acceptors (Lipinski definition) is 2. The molecule has 1 aliphatic rings. The van der Waals surface area contributed by atoms with Crippen LogP contribution in [0.2, 0.25) is 0 Å². The molecular formula is C25H41FN2O. The molecule has 29 heavy (non-hydrogen) atoms. The molecule has 0 bridgehead atoms. The van der Waals surface area contributed by atoms with Gasteiger partial charge in [0.1, 0.15) is 18.0 Å². The molecule has 164 valence electrons. The van der Waals surface area contributed by atoms with Crippen LogP contribution in [0.5, 0.6) is 5.75 Å². The minimum atomic E-state index is -1.30. The predicted octanol–water partition coefficient (Wildman–Crippen LogP) is 7.16. The Morgan fingerprint density at radius 3 is 2.41 bits per heavy atom. The van der Waals surface area contributed by atoms with Gasteiger partial charge in [-0.15, -0.1) is 0 Å². The summed E-state index contributed by atoms with van der Waals surface area (Å²) in [5.74, 6) is 0.762. The van der Waals surface area contributed by atoms with Crippen LogP contribution in [0.3, 0.4) is 0 Å². The third-order valence-corrected chi connectivity index (χ3v) is 5.80. The Kier molecular flexibility index (Phi) is 8.13. The normalized spacial score (nSPS) is 17.7. The van der Waals surface area contributed by atoms with E-state index >= 15 is 4.39 Å². The van der Waals surface area contributed by atoms with Gasteiger partial charge in [0.05, 0.1) is 12.0 Å². The molecule has 4 heteroatoms. The second-order valence-electron chi connectivity index (χ2n) is 10.2. The Labute approximate surface area is 177 Å². The Morgan fingerprint density at radius 2 is 1.83 bits per heavy atom. The molecule has 0 aromatic heterocycles. The molecule has 1 saturated carbocycles. The van der Waals surface area contributed by atoms with Crippen molar-refractivity contribution in [1.29, 1.82) is 0 Å². The molecule has 1 aromatic rings. The van der Waals surface area contributed by atoms with Crippen LogP contribution in [-0.4, -0.2) is 36.6 Å². The minimum Gasteiger partial charge on any atom is -0.490 e. The van der Waals surface area contributed by atoms with E-state index in [1.165, 1.54) is 25.7 Å². The fourth-order valence-corrected chi connectivity index (χ4v) is 4.45. The first kappa shape index (κ1) is 23.7. The highest BCUT2D eigenvalue weighted by Crippen LogP contribution is 2.35. The molecule has 0 spiro atoms. The van der Waals surface area contributed by atoms with Crippen molar-refractivity contribution >= 4 is 12.0 Å². The molecule has 0 saturated heterocycles. The Balaban J connectivity index is 2.07. The van der Waals surface area contributed by atoms with Crippen molar-refractivity contribution in [3.05, 3.63) is 23.3 Å². The quantitative estimate of drug-likeness (QED) is 0.322. The molecule has 1 unspecified atom stereocenters. The smallest absolute Gasteiger partial charge is 0.145 e. The van der Waals surface area contributed by atoms with Crippen LogP contribution in [0.4, 0.5) is 10.1 Å². The molecule has 1 fully saturated rings. The van der Waals surface area contributed by atoms with E-state index in [1.807, 2.05) is 39.2 Å². The summed E-state index contributed by atoms with van der Waals surface area (Å²) < 4.78 is 21.5. The van der Waals surface area contributed by atoms with E-state index in [0.29, 0.717) is 18.9 Å². The highest BCUT2D eigenvalue weighted by atomic mass is 19.1. The lowest BCUT2D eigenvalue weighted by Gasteiger charge is -2.32. The average Bonchev–Trinajstić information content (AvgIpc) is 3.14. The number of ether oxygens (including phenoxy) is 1. The monoisotopic (exact) mass is 404 g/mol. The van der Waals surface area contributed by atoms with Crippen LogP contribution in [0, 0.1) is 19.3 Å². The van der Waals surface area contributed by atoms with Crippen LogP contribution in [0.25, 0.3) is 0 Å². The van der Waals surface area contributed by atoms with E-state index in [4.69, 9.17) is 9.73 Å². The molecule has 2 rings (SSSR count). The van der Waals surface area contributed by atoms with Crippen LogP contribution in [-0.2, 0) is 0 Å². The van der Waals surface area contributed by atoms with Gasteiger partial charge in [-0.05, 0) is 68.2 Å². The zero-order chi connectivity index (χ0) is 21.7. The van der Waals surface area contributed by atoms with Gasteiger partial charge in [0.2, 0.25) is 0 Å². The molecule has 0 heterocycles. The SMILES string of the molecule is CCCC(F)(COc1cc(C)c(N=CN(C)C2CCCC2)cc1C)CC(C)(C)C. The number of rotatable bonds is 9. The van der Waals surface area contributed by atoms with Crippen molar-refractivity contribution in [3.8, 4) is 5.75 Å². The van der Waals surface area contributed by atoms with E-state index in [2.05, 4.69) is 32.7 Å². The van der Waals surface area contributed by atoms with Gasteiger partial charge in [-0.25, -0.2) is 9.38 Å². The first-order valence-corrected chi connectivity index (χ1v) is 11.2. The molecule has 0 radical (unpaired) electrons. The Bertz CT molecular complexity index is 689. The van der Waals surface area contributed by atoms with Crippen molar-refractivity contribution in [3.63, 3.8) is 0 Å². The Hall–Kier alpha value is -1.58. The molecule has 3 nitrogen and oxygen atoms in total. The van der Waals surface area contributed by atoms with Gasteiger partial charge in [0.25, 0.3) is 0 Å². The maximum Gasteiger partial charge on any atom is 0.145 e. The first-order valence-electron chi connectivity index (χ1n) is 11.2. The highest BCUT2D eigenvalue weighted by Gasteiger charge is 2.35. The van der Waals surface area contributed by atoms with Crippen LogP contribution in [0.1, 0.15) is 83.8 Å². The summed E-state index contributed by atoms with van der Waals surface area (Å²) >= 11 is 0. The molecule has 1 aromatic carbocycles. The second kappa shape index (κ2) is 9.95. The first-order chi connectivity index (χ1) is 13.5. The summed E-state index contributed by atoms with van der Waals surface area (Å²) in [7, 11) is 2.11. The van der Waals surface area contributed by atoms with E-state index in [1.54, 1.807) is 0 Å². The summed E-state index contributed by atoms with van der Waals surface area (Å²) in [6.45, 7) is 12.4. The summed E-state index contributed by atoms with van der Waals surface area (Å²) in [6.07, 6.45) is 8.94. The average molecular weight is 405 g/mol. The topological polar surface area (TPSA) is 24.8 Å². The summed E-state index contributed by atoms with van der Waals surface area (Å²) in [6, 6.07) is 4.66. The number of alkyl halides is 1. The van der Waals surface area contributed by atoms with Crippen molar-refractivity contribution < 1.29 is 9.13 Å². The van der Waals surface area contributed by atoms with Gasteiger partial charge in [-0.2, -0.15) is 0 Å². The van der Waals surface area contributed by atoms with Crippen molar-refractivity contribution in [2.75, 3.05) is 13.7 Å². The lowest BCUT2D eigenvalue weighted by molar-refractivity contribution is 0.0350. The number of nitrogens with zero attached hydrogens (tertiary/aromatic N) is 2. The molecule has 1 aliphatic carbocycles. The predicted molar refractivity (Wildman–Crippen MR) is 122 cm³/mol. The number of benzene rings is 1. The van der Waals surface area contributed by atoms with Gasteiger partial charge >= 0.3 is 0 Å². The van der Waals surface area contributed by atoms with E-state index < -0.39 is 5.67 Å². The second-order valence-corrected chi connectivity index (χ2v) is 10.2. The third-order valence-electron chi connectivity index (χ3n) is 5.80. The van der Waals surface area contributed by atoms with Crippen molar-refractivity contribution in [2.24, 2.45) is 10.4 Å². The van der Waals surface area contributed by atoms with Crippen molar-refractivity contribution in [1.82, 2.24) is 4.90 Å². The zero-order valence-electron chi connectivity index (χ0n) is 19.6. The van der Waals surface area contributed by atoms with E-state index in [0.717, 1.165) is 29.0 Å². The number of aryl methyl sites for hydroxylation is 2.